The Labute approximate surface area is 199 Å². The summed E-state index contributed by atoms with van der Waals surface area (Å²) in [5.41, 5.74) is 4.42. The molecule has 0 N–H and O–H groups in total. The number of piperazine rings is 1. The van der Waals surface area contributed by atoms with Gasteiger partial charge in [-0.15, -0.1) is 0 Å². The summed E-state index contributed by atoms with van der Waals surface area (Å²) >= 11 is 3.30. The predicted octanol–water partition coefficient (Wildman–Crippen LogP) is 4.81. The molecule has 4 rings (SSSR count). The Morgan fingerprint density at radius 3 is 2.45 bits per heavy atom. The first-order chi connectivity index (χ1) is 15.8. The number of aromatic nitrogens is 2. The van der Waals surface area contributed by atoms with Crippen molar-refractivity contribution in [1.82, 2.24) is 19.6 Å². The van der Waals surface area contributed by atoms with Gasteiger partial charge in [0.15, 0.2) is 0 Å². The van der Waals surface area contributed by atoms with E-state index in [0.717, 1.165) is 23.6 Å². The molecule has 0 saturated carbocycles. The van der Waals surface area contributed by atoms with Crippen molar-refractivity contribution in [3.05, 3.63) is 75.5 Å². The van der Waals surface area contributed by atoms with Crippen molar-refractivity contribution >= 4 is 21.8 Å². The lowest BCUT2D eigenvalue weighted by Gasteiger charge is -2.35. The Morgan fingerprint density at radius 2 is 1.79 bits per heavy atom. The fourth-order valence-electron chi connectivity index (χ4n) is 4.10. The second-order valence-electron chi connectivity index (χ2n) is 7.98. The van der Waals surface area contributed by atoms with E-state index in [2.05, 4.69) is 32.5 Å². The van der Waals surface area contributed by atoms with Crippen molar-refractivity contribution in [2.45, 2.75) is 27.0 Å². The summed E-state index contributed by atoms with van der Waals surface area (Å²) in [5, 5.41) is 4.72. The number of nitrogens with zero attached hydrogens (tertiary/aromatic N) is 4. The highest BCUT2D eigenvalue weighted by Gasteiger charge is 2.26. The Hall–Kier alpha value is -2.78. The Balaban J connectivity index is 1.43. The first-order valence-electron chi connectivity index (χ1n) is 10.7. The second kappa shape index (κ2) is 10.0. The number of halogens is 3. The molecule has 1 fully saturated rings. The van der Waals surface area contributed by atoms with Gasteiger partial charge in [-0.3, -0.25) is 9.69 Å². The molecule has 2 heterocycles. The molecule has 174 valence electrons. The third kappa shape index (κ3) is 5.25. The van der Waals surface area contributed by atoms with Crippen LogP contribution in [0.1, 0.15) is 27.3 Å². The number of alkyl halides is 2. The number of aryl methyl sites for hydroxylation is 1. The van der Waals surface area contributed by atoms with Gasteiger partial charge in [0.2, 0.25) is 0 Å². The number of carbonyl (C=O) groups is 1. The van der Waals surface area contributed by atoms with E-state index in [0.29, 0.717) is 30.7 Å². The Bertz CT molecular complexity index is 1130. The highest BCUT2D eigenvalue weighted by molar-refractivity contribution is 9.10. The molecule has 0 unspecified atom stereocenters. The fourth-order valence-corrected chi connectivity index (χ4v) is 4.46. The number of rotatable bonds is 6. The summed E-state index contributed by atoms with van der Waals surface area (Å²) < 4.78 is 32.7. The van der Waals surface area contributed by atoms with E-state index >= 15 is 0 Å². The number of ether oxygens (including phenoxy) is 1. The third-order valence-corrected chi connectivity index (χ3v) is 6.36. The van der Waals surface area contributed by atoms with Crippen LogP contribution in [0.4, 0.5) is 8.78 Å². The van der Waals surface area contributed by atoms with Gasteiger partial charge in [-0.05, 0) is 44.2 Å². The van der Waals surface area contributed by atoms with Gasteiger partial charge in [0.05, 0.1) is 16.9 Å². The zero-order valence-corrected chi connectivity index (χ0v) is 20.1. The quantitative estimate of drug-likeness (QED) is 0.469. The van der Waals surface area contributed by atoms with Crippen LogP contribution in [0.5, 0.6) is 5.75 Å². The minimum atomic E-state index is -2.99. The number of hydrogen-bond donors (Lipinski definition) is 0. The van der Waals surface area contributed by atoms with Crippen LogP contribution < -0.4 is 4.74 Å². The number of hydrogen-bond acceptors (Lipinski definition) is 4. The number of para-hydroxylation sites is 1. The molecule has 1 saturated heterocycles. The summed E-state index contributed by atoms with van der Waals surface area (Å²) in [6.45, 7) is 4.20. The van der Waals surface area contributed by atoms with E-state index in [-0.39, 0.29) is 17.2 Å². The van der Waals surface area contributed by atoms with Gasteiger partial charge in [-0.2, -0.15) is 13.9 Å². The summed E-state index contributed by atoms with van der Waals surface area (Å²) in [5.74, 6) is -0.420. The molecule has 0 aliphatic carbocycles. The zero-order valence-electron chi connectivity index (χ0n) is 18.5. The topological polar surface area (TPSA) is 50.6 Å². The molecule has 0 spiro atoms. The van der Waals surface area contributed by atoms with Crippen LogP contribution >= 0.6 is 15.9 Å². The van der Waals surface area contributed by atoms with Gasteiger partial charge in [-0.25, -0.2) is 4.68 Å². The monoisotopic (exact) mass is 518 g/mol. The molecule has 0 radical (unpaired) electrons. The summed E-state index contributed by atoms with van der Waals surface area (Å²) in [7, 11) is 0. The lowest BCUT2D eigenvalue weighted by molar-refractivity contribution is -0.0503. The molecule has 6 nitrogen and oxygen atoms in total. The standard InChI is InChI=1S/C24H25BrF2N4O2/c1-16-21(17(2)31(28-16)19-6-4-3-5-7-19)15-29-10-12-30(13-11-29)23(32)20-14-18(25)8-9-22(20)33-24(26)27/h3-9,14,24H,10-13,15H2,1-2H3. The number of amides is 1. The maximum Gasteiger partial charge on any atom is 0.387 e. The van der Waals surface area contributed by atoms with Gasteiger partial charge >= 0.3 is 6.61 Å². The van der Waals surface area contributed by atoms with Crippen LogP contribution in [0, 0.1) is 13.8 Å². The molecule has 0 bridgehead atoms. The van der Waals surface area contributed by atoms with Crippen LogP contribution in [0.15, 0.2) is 53.0 Å². The van der Waals surface area contributed by atoms with Crippen LogP contribution in [0.3, 0.4) is 0 Å². The highest BCUT2D eigenvalue weighted by Crippen LogP contribution is 2.27. The van der Waals surface area contributed by atoms with Crippen molar-refractivity contribution in [3.8, 4) is 11.4 Å². The maximum absolute atomic E-state index is 13.0. The average Bonchev–Trinajstić information content (AvgIpc) is 3.09. The molecule has 3 aromatic rings. The van der Waals surface area contributed by atoms with Crippen molar-refractivity contribution < 1.29 is 18.3 Å². The summed E-state index contributed by atoms with van der Waals surface area (Å²) in [6.07, 6.45) is 0. The number of benzene rings is 2. The lowest BCUT2D eigenvalue weighted by Crippen LogP contribution is -2.48. The SMILES string of the molecule is Cc1nn(-c2ccccc2)c(C)c1CN1CCN(C(=O)c2cc(Br)ccc2OC(F)F)CC1. The van der Waals surface area contributed by atoms with E-state index in [9.17, 15) is 13.6 Å². The lowest BCUT2D eigenvalue weighted by atomic mass is 10.1. The predicted molar refractivity (Wildman–Crippen MR) is 125 cm³/mol. The van der Waals surface area contributed by atoms with Gasteiger partial charge in [-0.1, -0.05) is 34.1 Å². The molecule has 1 amide bonds. The third-order valence-electron chi connectivity index (χ3n) is 5.87. The van der Waals surface area contributed by atoms with E-state index in [1.165, 1.54) is 17.7 Å². The molecular weight excluding hydrogens is 494 g/mol. The first kappa shape index (κ1) is 23.4. The number of carbonyl (C=O) groups excluding carboxylic acids is 1. The molecule has 2 aromatic carbocycles. The normalized spacial score (nSPS) is 14.7. The van der Waals surface area contributed by atoms with Crippen LogP contribution in [-0.4, -0.2) is 58.3 Å². The first-order valence-corrected chi connectivity index (χ1v) is 11.5. The molecule has 0 atom stereocenters. The zero-order chi connectivity index (χ0) is 23.5. The van der Waals surface area contributed by atoms with Crippen molar-refractivity contribution in [2.24, 2.45) is 0 Å². The van der Waals surface area contributed by atoms with E-state index in [1.807, 2.05) is 41.9 Å². The second-order valence-corrected chi connectivity index (χ2v) is 8.90. The fraction of sp³-hybridized carbons (Fsp3) is 0.333. The molecule has 1 aliphatic rings. The smallest absolute Gasteiger partial charge is 0.387 e. The molecule has 9 heteroatoms. The van der Waals surface area contributed by atoms with Crippen LogP contribution in [0.25, 0.3) is 5.69 Å². The van der Waals surface area contributed by atoms with Gasteiger partial charge in [0.25, 0.3) is 5.91 Å². The summed E-state index contributed by atoms with van der Waals surface area (Å²) in [4.78, 5) is 17.0. The Kier molecular flexibility index (Phi) is 7.09. The molecule has 1 aromatic heterocycles. The van der Waals surface area contributed by atoms with Gasteiger partial charge in [0.1, 0.15) is 5.75 Å². The largest absolute Gasteiger partial charge is 0.434 e. The van der Waals surface area contributed by atoms with E-state index in [4.69, 9.17) is 5.10 Å². The maximum atomic E-state index is 13.0. The van der Waals surface area contributed by atoms with Crippen LogP contribution in [-0.2, 0) is 6.54 Å². The van der Waals surface area contributed by atoms with Crippen molar-refractivity contribution in [3.63, 3.8) is 0 Å². The average molecular weight is 519 g/mol. The summed E-state index contributed by atoms with van der Waals surface area (Å²) in [6, 6.07) is 14.5. The molecule has 1 aliphatic heterocycles. The van der Waals surface area contributed by atoms with Crippen molar-refractivity contribution in [1.29, 1.82) is 0 Å². The Morgan fingerprint density at radius 1 is 1.09 bits per heavy atom. The van der Waals surface area contributed by atoms with Gasteiger partial charge in [0, 0.05) is 48.5 Å². The minimum Gasteiger partial charge on any atom is -0.434 e. The van der Waals surface area contributed by atoms with E-state index < -0.39 is 6.61 Å². The van der Waals surface area contributed by atoms with Gasteiger partial charge < -0.3 is 9.64 Å². The van der Waals surface area contributed by atoms with Crippen LogP contribution in [0.2, 0.25) is 0 Å². The molecule has 33 heavy (non-hydrogen) atoms. The minimum absolute atomic E-state index is 0.111. The molecular formula is C24H25BrF2N4O2. The highest BCUT2D eigenvalue weighted by atomic mass is 79.9. The van der Waals surface area contributed by atoms with E-state index in [1.54, 1.807) is 11.0 Å². The van der Waals surface area contributed by atoms with Crippen molar-refractivity contribution in [2.75, 3.05) is 26.2 Å².